The molecule has 1 rings (SSSR count). The van der Waals surface area contributed by atoms with E-state index in [1.54, 1.807) is 14.0 Å². The van der Waals surface area contributed by atoms with Crippen molar-refractivity contribution in [3.8, 4) is 0 Å². The zero-order valence-electron chi connectivity index (χ0n) is 10.4. The van der Waals surface area contributed by atoms with Gasteiger partial charge in [0, 0.05) is 27.2 Å². The monoisotopic (exact) mass is 262 g/mol. The van der Waals surface area contributed by atoms with Crippen molar-refractivity contribution in [2.24, 2.45) is 7.05 Å². The molecule has 0 spiro atoms. The van der Waals surface area contributed by atoms with Gasteiger partial charge in [-0.1, -0.05) is 0 Å². The van der Waals surface area contributed by atoms with Gasteiger partial charge in [-0.2, -0.15) is 4.31 Å². The molecule has 0 radical (unpaired) electrons. The number of nitrogens with zero attached hydrogens (tertiary/aromatic N) is 3. The van der Waals surface area contributed by atoms with E-state index in [0.717, 1.165) is 0 Å². The molecular formula is C9H18N4O3S. The Morgan fingerprint density at radius 2 is 2.24 bits per heavy atom. The first-order chi connectivity index (χ1) is 7.82. The average molecular weight is 262 g/mol. The van der Waals surface area contributed by atoms with Crippen molar-refractivity contribution < 1.29 is 13.2 Å². The summed E-state index contributed by atoms with van der Waals surface area (Å²) in [6.07, 6.45) is 1.37. The molecule has 1 atom stereocenters. The topological polar surface area (TPSA) is 90.4 Å². The van der Waals surface area contributed by atoms with Gasteiger partial charge >= 0.3 is 0 Å². The second-order valence-corrected chi connectivity index (χ2v) is 5.78. The van der Waals surface area contributed by atoms with E-state index in [1.807, 2.05) is 0 Å². The zero-order chi connectivity index (χ0) is 13.2. The van der Waals surface area contributed by atoms with E-state index in [4.69, 9.17) is 10.5 Å². The van der Waals surface area contributed by atoms with Gasteiger partial charge in [0.2, 0.25) is 0 Å². The van der Waals surface area contributed by atoms with Gasteiger partial charge < -0.3 is 15.0 Å². The lowest BCUT2D eigenvalue weighted by Gasteiger charge is -2.23. The minimum atomic E-state index is -3.65. The Balaban J connectivity index is 3.12. The smallest absolute Gasteiger partial charge is 0.262 e. The third-order valence-electron chi connectivity index (χ3n) is 2.56. The number of ether oxygens (including phenoxy) is 1. The van der Waals surface area contributed by atoms with Crippen LogP contribution in [0.5, 0.6) is 0 Å². The number of hydrogen-bond acceptors (Lipinski definition) is 5. The molecule has 0 aliphatic carbocycles. The predicted molar refractivity (Wildman–Crippen MR) is 63.9 cm³/mol. The van der Waals surface area contributed by atoms with Crippen molar-refractivity contribution in [1.82, 2.24) is 13.9 Å². The van der Waals surface area contributed by atoms with Crippen molar-refractivity contribution >= 4 is 15.8 Å². The van der Waals surface area contributed by atoms with Gasteiger partial charge in [-0.25, -0.2) is 13.4 Å². The van der Waals surface area contributed by atoms with Gasteiger partial charge in [0.25, 0.3) is 10.0 Å². The molecule has 98 valence electrons. The van der Waals surface area contributed by atoms with Crippen LogP contribution >= 0.6 is 0 Å². The first-order valence-corrected chi connectivity index (χ1v) is 6.50. The highest BCUT2D eigenvalue weighted by Gasteiger charge is 2.30. The summed E-state index contributed by atoms with van der Waals surface area (Å²) < 4.78 is 32.1. The largest absolute Gasteiger partial charge is 0.383 e. The van der Waals surface area contributed by atoms with Crippen molar-refractivity contribution in [3.63, 3.8) is 0 Å². The molecule has 0 saturated carbocycles. The lowest BCUT2D eigenvalue weighted by Crippen LogP contribution is -2.38. The van der Waals surface area contributed by atoms with Gasteiger partial charge in [-0.15, -0.1) is 0 Å². The number of nitrogens with two attached hydrogens (primary N) is 1. The van der Waals surface area contributed by atoms with E-state index in [0.29, 0.717) is 6.61 Å². The Labute approximate surface area is 101 Å². The summed E-state index contributed by atoms with van der Waals surface area (Å²) in [5, 5.41) is 0.00273. The molecule has 1 unspecified atom stereocenters. The molecule has 0 aliphatic rings. The molecule has 0 bridgehead atoms. The van der Waals surface area contributed by atoms with E-state index in [9.17, 15) is 8.42 Å². The van der Waals surface area contributed by atoms with Crippen LogP contribution in [-0.2, 0) is 21.8 Å². The number of anilines is 1. The van der Waals surface area contributed by atoms with Gasteiger partial charge in [-0.3, -0.25) is 0 Å². The summed E-state index contributed by atoms with van der Waals surface area (Å²) in [6.45, 7) is 2.07. The number of aromatic nitrogens is 2. The Morgan fingerprint density at radius 3 is 2.65 bits per heavy atom. The maximum absolute atomic E-state index is 12.3. The van der Waals surface area contributed by atoms with Crippen LogP contribution in [0.1, 0.15) is 6.92 Å². The Bertz CT molecular complexity index is 463. The van der Waals surface area contributed by atoms with E-state index in [2.05, 4.69) is 4.98 Å². The number of sulfonamides is 1. The molecule has 1 aromatic rings. The van der Waals surface area contributed by atoms with Crippen molar-refractivity contribution in [2.75, 3.05) is 26.5 Å². The molecule has 1 heterocycles. The number of hydrogen-bond donors (Lipinski definition) is 1. The molecule has 0 amide bonds. The lowest BCUT2D eigenvalue weighted by atomic mass is 10.4. The number of aryl methyl sites for hydroxylation is 1. The number of rotatable bonds is 5. The van der Waals surface area contributed by atoms with Gasteiger partial charge in [-0.05, 0) is 6.92 Å². The number of likely N-dealkylation sites (N-methyl/N-ethyl adjacent to an activating group) is 1. The normalized spacial score (nSPS) is 14.2. The fourth-order valence-electron chi connectivity index (χ4n) is 1.47. The zero-order valence-corrected chi connectivity index (χ0v) is 11.2. The third-order valence-corrected chi connectivity index (χ3v) is 4.67. The highest BCUT2D eigenvalue weighted by molar-refractivity contribution is 7.89. The Kier molecular flexibility index (Phi) is 4.12. The van der Waals surface area contributed by atoms with Crippen LogP contribution < -0.4 is 5.73 Å². The molecule has 2 N–H and O–H groups in total. The second kappa shape index (κ2) is 5.03. The molecule has 1 aromatic heterocycles. The maximum Gasteiger partial charge on any atom is 0.262 e. The fourth-order valence-corrected chi connectivity index (χ4v) is 3.01. The Morgan fingerprint density at radius 1 is 1.65 bits per heavy atom. The van der Waals surface area contributed by atoms with Crippen LogP contribution in [0, 0.1) is 0 Å². The molecule has 0 fully saturated rings. The van der Waals surface area contributed by atoms with Crippen LogP contribution in [0.25, 0.3) is 0 Å². The fraction of sp³-hybridized carbons (Fsp3) is 0.667. The van der Waals surface area contributed by atoms with Gasteiger partial charge in [0.05, 0.1) is 12.9 Å². The van der Waals surface area contributed by atoms with E-state index in [1.165, 1.54) is 29.4 Å². The standard InChI is InChI=1S/C9H18N4O3S/c1-7(5-16-4)13(3)17(14,15)9-8(10)11-6-12(9)2/h6-7H,5,10H2,1-4H3. The van der Waals surface area contributed by atoms with Crippen LogP contribution in [0.15, 0.2) is 11.4 Å². The SMILES string of the molecule is COCC(C)N(C)S(=O)(=O)c1c(N)ncn1C. The van der Waals surface area contributed by atoms with Crippen molar-refractivity contribution in [1.29, 1.82) is 0 Å². The van der Waals surface area contributed by atoms with Gasteiger partial charge in [0.1, 0.15) is 0 Å². The molecule has 0 aromatic carbocycles. The third kappa shape index (κ3) is 2.59. The number of imidazole rings is 1. The minimum Gasteiger partial charge on any atom is -0.383 e. The molecule has 7 nitrogen and oxygen atoms in total. The summed E-state index contributed by atoms with van der Waals surface area (Å²) in [7, 11) is 0.953. The molecule has 0 aliphatic heterocycles. The summed E-state index contributed by atoms with van der Waals surface area (Å²) in [5.74, 6) is 0.00367. The minimum absolute atomic E-state index is 0.00273. The number of methoxy groups -OCH3 is 1. The number of nitrogen functional groups attached to an aromatic ring is 1. The van der Waals surface area contributed by atoms with Crippen LogP contribution in [0.3, 0.4) is 0 Å². The molecule has 8 heteroatoms. The van der Waals surface area contributed by atoms with Crippen molar-refractivity contribution in [2.45, 2.75) is 18.0 Å². The van der Waals surface area contributed by atoms with E-state index in [-0.39, 0.29) is 16.9 Å². The van der Waals surface area contributed by atoms with Crippen molar-refractivity contribution in [3.05, 3.63) is 6.33 Å². The highest BCUT2D eigenvalue weighted by Crippen LogP contribution is 2.20. The summed E-state index contributed by atoms with van der Waals surface area (Å²) in [4.78, 5) is 3.77. The van der Waals surface area contributed by atoms with Crippen LogP contribution in [0.4, 0.5) is 5.82 Å². The molecule has 0 saturated heterocycles. The summed E-state index contributed by atoms with van der Waals surface area (Å²) >= 11 is 0. The first-order valence-electron chi connectivity index (χ1n) is 5.06. The van der Waals surface area contributed by atoms with Crippen LogP contribution in [0.2, 0.25) is 0 Å². The predicted octanol–water partition coefficient (Wildman–Crippen LogP) is -0.342. The Hall–Kier alpha value is -1.12. The lowest BCUT2D eigenvalue weighted by molar-refractivity contribution is 0.149. The van der Waals surface area contributed by atoms with Crippen LogP contribution in [-0.4, -0.2) is 49.1 Å². The summed E-state index contributed by atoms with van der Waals surface area (Å²) in [6, 6.07) is -0.278. The summed E-state index contributed by atoms with van der Waals surface area (Å²) in [5.41, 5.74) is 5.57. The quantitative estimate of drug-likeness (QED) is 0.784. The second-order valence-electron chi connectivity index (χ2n) is 3.87. The highest BCUT2D eigenvalue weighted by atomic mass is 32.2. The molecular weight excluding hydrogens is 244 g/mol. The first kappa shape index (κ1) is 13.9. The van der Waals surface area contributed by atoms with Gasteiger partial charge in [0.15, 0.2) is 10.8 Å². The van der Waals surface area contributed by atoms with E-state index >= 15 is 0 Å². The maximum atomic E-state index is 12.3. The average Bonchev–Trinajstić information content (AvgIpc) is 2.58. The molecule has 17 heavy (non-hydrogen) atoms. The van der Waals surface area contributed by atoms with E-state index < -0.39 is 10.0 Å².